The van der Waals surface area contributed by atoms with E-state index >= 15 is 0 Å². The molecular weight excluding hydrogens is 469 g/mol. The van der Waals surface area contributed by atoms with Crippen molar-refractivity contribution in [1.82, 2.24) is 21.0 Å². The van der Waals surface area contributed by atoms with Gasteiger partial charge in [-0.05, 0) is 23.8 Å². The summed E-state index contributed by atoms with van der Waals surface area (Å²) in [6.07, 6.45) is 1.14. The molecule has 0 radical (unpaired) electrons. The molecule has 1 aromatic carbocycles. The quantitative estimate of drug-likeness (QED) is 0.267. The highest BCUT2D eigenvalue weighted by Crippen LogP contribution is 2.23. The number of nitrogen functional groups attached to an aromatic ring is 1. The molecule has 170 valence electrons. The second-order valence-corrected chi connectivity index (χ2v) is 7.63. The minimum atomic E-state index is -0.464. The zero-order valence-electron chi connectivity index (χ0n) is 16.5. The van der Waals surface area contributed by atoms with Crippen molar-refractivity contribution >= 4 is 47.5 Å². The average molecular weight is 493 g/mol. The molecule has 0 aliphatic carbocycles. The zero-order chi connectivity index (χ0) is 21.5. The summed E-state index contributed by atoms with van der Waals surface area (Å²) in [4.78, 5) is 25.7. The van der Waals surface area contributed by atoms with Crippen LogP contribution in [0.5, 0.6) is 0 Å². The summed E-state index contributed by atoms with van der Waals surface area (Å²) in [7, 11) is 0. The van der Waals surface area contributed by atoms with Gasteiger partial charge in [-0.25, -0.2) is 10.6 Å². The number of hydrogen-bond acceptors (Lipinski definition) is 6. The molecule has 0 saturated carbocycles. The maximum atomic E-state index is 12.0. The van der Waals surface area contributed by atoms with E-state index in [2.05, 4.69) is 15.5 Å². The van der Waals surface area contributed by atoms with Gasteiger partial charge in [0, 0.05) is 26.2 Å². The van der Waals surface area contributed by atoms with Crippen LogP contribution >= 0.6 is 35.6 Å². The lowest BCUT2D eigenvalue weighted by molar-refractivity contribution is -0.0287. The minimum absolute atomic E-state index is 0. The maximum absolute atomic E-state index is 12.0. The molecule has 1 atom stereocenters. The molecule has 1 unspecified atom stereocenters. The molecule has 2 heterocycles. The van der Waals surface area contributed by atoms with Gasteiger partial charge in [0.15, 0.2) is 0 Å². The molecule has 1 fully saturated rings. The van der Waals surface area contributed by atoms with Gasteiger partial charge in [0.1, 0.15) is 12.0 Å². The fourth-order valence-corrected chi connectivity index (χ4v) is 3.38. The molecule has 1 saturated heterocycles. The van der Waals surface area contributed by atoms with E-state index in [9.17, 15) is 9.59 Å². The number of urea groups is 1. The van der Waals surface area contributed by atoms with Crippen LogP contribution in [-0.4, -0.2) is 49.2 Å². The molecule has 2 aromatic rings. The molecule has 3 rings (SSSR count). The predicted molar refractivity (Wildman–Crippen MR) is 119 cm³/mol. The van der Waals surface area contributed by atoms with Crippen LogP contribution in [-0.2, 0) is 17.8 Å². The van der Waals surface area contributed by atoms with E-state index in [1.807, 2.05) is 17.6 Å². The third-order valence-corrected chi connectivity index (χ3v) is 5.31. The molecule has 0 spiro atoms. The second-order valence-electron chi connectivity index (χ2n) is 6.82. The molecule has 9 nitrogen and oxygen atoms in total. The van der Waals surface area contributed by atoms with Crippen LogP contribution in [0.15, 0.2) is 34.9 Å². The summed E-state index contributed by atoms with van der Waals surface area (Å²) >= 11 is 12.0. The highest BCUT2D eigenvalue weighted by atomic mass is 35.5. The number of amides is 3. The lowest BCUT2D eigenvalue weighted by atomic mass is 10.2. The molecule has 1 aliphatic heterocycles. The standard InChI is InChI=1S/C19H23Cl2N5O4.ClH/c20-16-2-1-12(5-17(16)21)9-26-3-4-29-15(10-26)8-24-19(28)23-7-14-6-13(11-30-14)18(27)25-22;/h1-2,5-6,11,15H,3-4,7-10,22H2,(H,25,27)(H2,23,24,28);1H. The molecular formula is C19H24Cl3N5O4. The third-order valence-electron chi connectivity index (χ3n) is 4.57. The Morgan fingerprint density at radius 2 is 2.00 bits per heavy atom. The summed E-state index contributed by atoms with van der Waals surface area (Å²) in [5.74, 6) is 5.04. The molecule has 3 amide bonds. The van der Waals surface area contributed by atoms with Crippen LogP contribution in [0.3, 0.4) is 0 Å². The smallest absolute Gasteiger partial charge is 0.315 e. The lowest BCUT2D eigenvalue weighted by Gasteiger charge is -2.33. The van der Waals surface area contributed by atoms with Gasteiger partial charge in [-0.15, -0.1) is 12.4 Å². The van der Waals surface area contributed by atoms with Crippen LogP contribution < -0.4 is 21.9 Å². The van der Waals surface area contributed by atoms with Gasteiger partial charge >= 0.3 is 6.03 Å². The summed E-state index contributed by atoms with van der Waals surface area (Å²) in [6.45, 7) is 3.27. The first-order chi connectivity index (χ1) is 14.4. The first-order valence-electron chi connectivity index (χ1n) is 9.32. The number of halogens is 3. The molecule has 1 aromatic heterocycles. The number of furan rings is 1. The number of hydrazine groups is 1. The fourth-order valence-electron chi connectivity index (χ4n) is 3.06. The van der Waals surface area contributed by atoms with Gasteiger partial charge in [0.05, 0.1) is 34.9 Å². The fraction of sp³-hybridized carbons (Fsp3) is 0.368. The van der Waals surface area contributed by atoms with E-state index in [-0.39, 0.29) is 36.7 Å². The number of nitrogens with zero attached hydrogens (tertiary/aromatic N) is 1. The Bertz CT molecular complexity index is 895. The third kappa shape index (κ3) is 7.57. The summed E-state index contributed by atoms with van der Waals surface area (Å²) in [5.41, 5.74) is 3.36. The number of carbonyl (C=O) groups excluding carboxylic acids is 2. The summed E-state index contributed by atoms with van der Waals surface area (Å²) < 4.78 is 10.9. The highest BCUT2D eigenvalue weighted by molar-refractivity contribution is 6.42. The van der Waals surface area contributed by atoms with Gasteiger partial charge in [0.25, 0.3) is 5.91 Å². The van der Waals surface area contributed by atoms with Gasteiger partial charge in [-0.3, -0.25) is 15.1 Å². The molecule has 31 heavy (non-hydrogen) atoms. The van der Waals surface area contributed by atoms with Gasteiger partial charge in [0.2, 0.25) is 0 Å². The Labute approximate surface area is 195 Å². The molecule has 1 aliphatic rings. The van der Waals surface area contributed by atoms with Gasteiger partial charge in [-0.1, -0.05) is 29.3 Å². The zero-order valence-corrected chi connectivity index (χ0v) is 18.9. The molecule has 12 heteroatoms. The number of ether oxygens (including phenoxy) is 1. The van der Waals surface area contributed by atoms with Crippen molar-refractivity contribution in [2.24, 2.45) is 5.84 Å². The van der Waals surface area contributed by atoms with Crippen molar-refractivity contribution in [1.29, 1.82) is 0 Å². The normalized spacial score (nSPS) is 16.3. The van der Waals surface area contributed by atoms with Crippen molar-refractivity contribution in [3.8, 4) is 0 Å². The topological polar surface area (TPSA) is 122 Å². The molecule has 0 bridgehead atoms. The van der Waals surface area contributed by atoms with Crippen molar-refractivity contribution < 1.29 is 18.7 Å². The Kier molecular flexibility index (Phi) is 9.89. The Morgan fingerprint density at radius 3 is 2.74 bits per heavy atom. The number of morpholine rings is 1. The van der Waals surface area contributed by atoms with Crippen molar-refractivity contribution in [3.05, 3.63) is 57.5 Å². The highest BCUT2D eigenvalue weighted by Gasteiger charge is 2.21. The van der Waals surface area contributed by atoms with Crippen molar-refractivity contribution in [3.63, 3.8) is 0 Å². The van der Waals surface area contributed by atoms with Crippen LogP contribution in [0, 0.1) is 0 Å². The van der Waals surface area contributed by atoms with Crippen molar-refractivity contribution in [2.45, 2.75) is 19.2 Å². The lowest BCUT2D eigenvalue weighted by Crippen LogP contribution is -2.48. The van der Waals surface area contributed by atoms with Crippen LogP contribution in [0.25, 0.3) is 0 Å². The number of nitrogens with one attached hydrogen (secondary N) is 3. The SMILES string of the molecule is Cl.NNC(=O)c1coc(CNC(=O)NCC2CN(Cc3ccc(Cl)c(Cl)c3)CCO2)c1. The van der Waals surface area contributed by atoms with Crippen LogP contribution in [0.1, 0.15) is 21.7 Å². The first-order valence-corrected chi connectivity index (χ1v) is 10.1. The van der Waals surface area contributed by atoms with E-state index < -0.39 is 5.91 Å². The maximum Gasteiger partial charge on any atom is 0.315 e. The van der Waals surface area contributed by atoms with Crippen LogP contribution in [0.2, 0.25) is 10.0 Å². The number of carbonyl (C=O) groups is 2. The second kappa shape index (κ2) is 12.1. The Morgan fingerprint density at radius 1 is 1.19 bits per heavy atom. The average Bonchev–Trinajstić information content (AvgIpc) is 3.22. The van der Waals surface area contributed by atoms with E-state index in [0.717, 1.165) is 18.7 Å². The van der Waals surface area contributed by atoms with E-state index in [1.54, 1.807) is 6.07 Å². The first kappa shape index (κ1) is 25.3. The molecule has 5 N–H and O–H groups in total. The van der Waals surface area contributed by atoms with E-state index in [4.69, 9.17) is 38.2 Å². The summed E-state index contributed by atoms with van der Waals surface area (Å²) in [5, 5.41) is 6.51. The number of hydrogen-bond donors (Lipinski definition) is 4. The van der Waals surface area contributed by atoms with E-state index in [0.29, 0.717) is 35.5 Å². The van der Waals surface area contributed by atoms with Crippen LogP contribution in [0.4, 0.5) is 4.79 Å². The number of nitrogens with two attached hydrogens (primary N) is 1. The number of rotatable bonds is 7. The Balaban J connectivity index is 0.00000341. The number of benzene rings is 1. The summed E-state index contributed by atoms with van der Waals surface area (Å²) in [6, 6.07) is 6.74. The van der Waals surface area contributed by atoms with E-state index in [1.165, 1.54) is 12.3 Å². The Hall–Kier alpha value is -2.01. The largest absolute Gasteiger partial charge is 0.467 e. The van der Waals surface area contributed by atoms with Gasteiger partial charge in [-0.2, -0.15) is 0 Å². The van der Waals surface area contributed by atoms with Gasteiger partial charge < -0.3 is 19.8 Å². The minimum Gasteiger partial charge on any atom is -0.467 e. The van der Waals surface area contributed by atoms with Crippen molar-refractivity contribution in [2.75, 3.05) is 26.2 Å². The predicted octanol–water partition coefficient (Wildman–Crippen LogP) is 2.31. The monoisotopic (exact) mass is 491 g/mol.